The summed E-state index contributed by atoms with van der Waals surface area (Å²) in [6.07, 6.45) is 0. The highest BCUT2D eigenvalue weighted by Crippen LogP contribution is 2.22. The highest BCUT2D eigenvalue weighted by atomic mass is 32.2. The Hall–Kier alpha value is -1.82. The van der Waals surface area contributed by atoms with Gasteiger partial charge in [-0.3, -0.25) is 4.79 Å². The molecule has 0 spiro atoms. The minimum Gasteiger partial charge on any atom is -0.465 e. The van der Waals surface area contributed by atoms with Crippen LogP contribution in [0.2, 0.25) is 0 Å². The van der Waals surface area contributed by atoms with Gasteiger partial charge in [-0.15, -0.1) is 10.2 Å². The molecule has 106 valence electrons. The molecule has 0 bridgehead atoms. The fourth-order valence-electron chi connectivity index (χ4n) is 1.39. The lowest BCUT2D eigenvalue weighted by molar-refractivity contribution is -0.141. The van der Waals surface area contributed by atoms with E-state index in [1.54, 1.807) is 0 Å². The number of nitrogens with zero attached hydrogens (tertiary/aromatic N) is 2. The van der Waals surface area contributed by atoms with Crippen molar-refractivity contribution < 1.29 is 13.9 Å². The third-order valence-electron chi connectivity index (χ3n) is 2.32. The predicted molar refractivity (Wildman–Crippen MR) is 76.3 cm³/mol. The number of aromatic nitrogens is 2. The fourth-order valence-corrected chi connectivity index (χ4v) is 1.95. The normalized spacial score (nSPS) is 10.8. The summed E-state index contributed by atoms with van der Waals surface area (Å²) in [5, 5.41) is 8.21. The molecule has 0 unspecified atom stereocenters. The first-order chi connectivity index (χ1) is 9.65. The monoisotopic (exact) mass is 292 g/mol. The second-order valence-electron chi connectivity index (χ2n) is 4.60. The SMILES string of the molecule is CC(C)COC(=O)CSc1nnc(-c2ccccc2)o1. The Morgan fingerprint density at radius 2 is 2.05 bits per heavy atom. The Bertz CT molecular complexity index is 555. The van der Waals surface area contributed by atoms with Crippen LogP contribution in [0.3, 0.4) is 0 Å². The van der Waals surface area contributed by atoms with E-state index in [9.17, 15) is 4.79 Å². The van der Waals surface area contributed by atoms with Crippen LogP contribution >= 0.6 is 11.8 Å². The van der Waals surface area contributed by atoms with Gasteiger partial charge in [0.25, 0.3) is 5.22 Å². The molecule has 6 heteroatoms. The van der Waals surface area contributed by atoms with Crippen LogP contribution in [0, 0.1) is 5.92 Å². The maximum atomic E-state index is 11.5. The molecule has 1 aromatic carbocycles. The largest absolute Gasteiger partial charge is 0.465 e. The molecule has 0 amide bonds. The maximum Gasteiger partial charge on any atom is 0.316 e. The van der Waals surface area contributed by atoms with Gasteiger partial charge in [0, 0.05) is 5.56 Å². The molecule has 2 aromatic rings. The molecule has 1 heterocycles. The van der Waals surface area contributed by atoms with E-state index in [1.807, 2.05) is 44.2 Å². The summed E-state index contributed by atoms with van der Waals surface area (Å²) < 4.78 is 10.5. The van der Waals surface area contributed by atoms with E-state index in [2.05, 4.69) is 10.2 Å². The van der Waals surface area contributed by atoms with Crippen LogP contribution in [0.4, 0.5) is 0 Å². The summed E-state index contributed by atoms with van der Waals surface area (Å²) in [4.78, 5) is 11.5. The molecule has 20 heavy (non-hydrogen) atoms. The minimum absolute atomic E-state index is 0.170. The quantitative estimate of drug-likeness (QED) is 0.602. The lowest BCUT2D eigenvalue weighted by atomic mass is 10.2. The smallest absolute Gasteiger partial charge is 0.316 e. The Morgan fingerprint density at radius 3 is 2.75 bits per heavy atom. The first-order valence-electron chi connectivity index (χ1n) is 6.32. The number of carbonyl (C=O) groups is 1. The number of rotatable bonds is 6. The van der Waals surface area contributed by atoms with Crippen molar-refractivity contribution >= 4 is 17.7 Å². The van der Waals surface area contributed by atoms with Gasteiger partial charge in [0.2, 0.25) is 5.89 Å². The van der Waals surface area contributed by atoms with E-state index >= 15 is 0 Å². The minimum atomic E-state index is -0.275. The molecular formula is C14H16N2O3S. The van der Waals surface area contributed by atoms with E-state index < -0.39 is 0 Å². The number of ether oxygens (including phenoxy) is 1. The van der Waals surface area contributed by atoms with E-state index in [1.165, 1.54) is 11.8 Å². The molecule has 0 saturated heterocycles. The number of hydrogen-bond acceptors (Lipinski definition) is 6. The van der Waals surface area contributed by atoms with E-state index in [0.29, 0.717) is 23.6 Å². The number of hydrogen-bond donors (Lipinski definition) is 0. The van der Waals surface area contributed by atoms with Gasteiger partial charge in [-0.25, -0.2) is 0 Å². The molecule has 1 aromatic heterocycles. The third-order valence-corrected chi connectivity index (χ3v) is 3.11. The molecular weight excluding hydrogens is 276 g/mol. The second-order valence-corrected chi connectivity index (χ2v) is 5.53. The van der Waals surface area contributed by atoms with Crippen molar-refractivity contribution in [3.05, 3.63) is 30.3 Å². The Balaban J connectivity index is 1.86. The van der Waals surface area contributed by atoms with Gasteiger partial charge in [-0.1, -0.05) is 43.8 Å². The van der Waals surface area contributed by atoms with E-state index in [-0.39, 0.29) is 11.7 Å². The topological polar surface area (TPSA) is 65.2 Å². The van der Waals surface area contributed by atoms with Gasteiger partial charge in [0.1, 0.15) is 5.75 Å². The highest BCUT2D eigenvalue weighted by Gasteiger charge is 2.11. The first-order valence-corrected chi connectivity index (χ1v) is 7.31. The number of benzene rings is 1. The van der Waals surface area contributed by atoms with E-state index in [0.717, 1.165) is 5.56 Å². The number of thioether (sulfide) groups is 1. The summed E-state index contributed by atoms with van der Waals surface area (Å²) in [7, 11) is 0. The molecule has 2 rings (SSSR count). The molecule has 0 aliphatic carbocycles. The van der Waals surface area contributed by atoms with Gasteiger partial charge in [0.05, 0.1) is 6.61 Å². The first kappa shape index (κ1) is 14.6. The van der Waals surface area contributed by atoms with Crippen molar-refractivity contribution in [3.8, 4) is 11.5 Å². The molecule has 0 aliphatic rings. The van der Waals surface area contributed by atoms with Crippen LogP contribution in [0.5, 0.6) is 0 Å². The standard InChI is InChI=1S/C14H16N2O3S/c1-10(2)8-18-12(17)9-20-14-16-15-13(19-14)11-6-4-3-5-7-11/h3-7,10H,8-9H2,1-2H3. The lowest BCUT2D eigenvalue weighted by Crippen LogP contribution is -2.11. The van der Waals surface area contributed by atoms with Crippen molar-refractivity contribution in [2.45, 2.75) is 19.1 Å². The Kier molecular flexibility index (Phi) is 5.17. The molecule has 0 radical (unpaired) electrons. The van der Waals surface area contributed by atoms with Gasteiger partial charge in [0.15, 0.2) is 0 Å². The second kappa shape index (κ2) is 7.09. The molecule has 0 N–H and O–H groups in total. The van der Waals surface area contributed by atoms with Crippen LogP contribution in [0.15, 0.2) is 40.0 Å². The lowest BCUT2D eigenvalue weighted by Gasteiger charge is -2.05. The summed E-state index contributed by atoms with van der Waals surface area (Å²) in [5.74, 6) is 0.673. The zero-order valence-corrected chi connectivity index (χ0v) is 12.2. The van der Waals surface area contributed by atoms with Crippen LogP contribution in [0.1, 0.15) is 13.8 Å². The zero-order valence-electron chi connectivity index (χ0n) is 11.4. The predicted octanol–water partition coefficient (Wildman–Crippen LogP) is 3.03. The third kappa shape index (κ3) is 4.38. The molecule has 0 atom stereocenters. The van der Waals surface area contributed by atoms with Crippen molar-refractivity contribution in [2.24, 2.45) is 5.92 Å². The van der Waals surface area contributed by atoms with Crippen molar-refractivity contribution in [1.29, 1.82) is 0 Å². The summed E-state index contributed by atoms with van der Waals surface area (Å²) >= 11 is 1.18. The highest BCUT2D eigenvalue weighted by molar-refractivity contribution is 7.99. The summed E-state index contributed by atoms with van der Waals surface area (Å²) in [5.41, 5.74) is 0.856. The van der Waals surface area contributed by atoms with Gasteiger partial charge in [-0.05, 0) is 18.1 Å². The summed E-state index contributed by atoms with van der Waals surface area (Å²) in [6.45, 7) is 4.41. The van der Waals surface area contributed by atoms with Crippen LogP contribution < -0.4 is 0 Å². The van der Waals surface area contributed by atoms with E-state index in [4.69, 9.17) is 9.15 Å². The molecule has 0 saturated carbocycles. The molecule has 5 nitrogen and oxygen atoms in total. The summed E-state index contributed by atoms with van der Waals surface area (Å²) in [6, 6.07) is 9.49. The van der Waals surface area contributed by atoms with Gasteiger partial charge in [-0.2, -0.15) is 0 Å². The van der Waals surface area contributed by atoms with Gasteiger partial charge >= 0.3 is 5.97 Å². The maximum absolute atomic E-state index is 11.5. The number of carbonyl (C=O) groups excluding carboxylic acids is 1. The van der Waals surface area contributed by atoms with Crippen LogP contribution in [0.25, 0.3) is 11.5 Å². The van der Waals surface area contributed by atoms with Crippen LogP contribution in [-0.2, 0) is 9.53 Å². The molecule has 0 aliphatic heterocycles. The molecule has 0 fully saturated rings. The Labute approximate surface area is 121 Å². The number of esters is 1. The fraction of sp³-hybridized carbons (Fsp3) is 0.357. The average Bonchev–Trinajstić information content (AvgIpc) is 2.93. The van der Waals surface area contributed by atoms with Crippen LogP contribution in [-0.4, -0.2) is 28.5 Å². The zero-order chi connectivity index (χ0) is 14.4. The van der Waals surface area contributed by atoms with Crippen molar-refractivity contribution in [3.63, 3.8) is 0 Å². The van der Waals surface area contributed by atoms with Crippen molar-refractivity contribution in [1.82, 2.24) is 10.2 Å². The van der Waals surface area contributed by atoms with Gasteiger partial charge < -0.3 is 9.15 Å². The average molecular weight is 292 g/mol. The Morgan fingerprint density at radius 1 is 1.30 bits per heavy atom. The van der Waals surface area contributed by atoms with Crippen molar-refractivity contribution in [2.75, 3.05) is 12.4 Å².